The van der Waals surface area contributed by atoms with Gasteiger partial charge in [0.05, 0.1) is 24.7 Å². The van der Waals surface area contributed by atoms with E-state index in [0.717, 1.165) is 26.2 Å². The molecule has 2 heterocycles. The predicted octanol–water partition coefficient (Wildman–Crippen LogP) is 2.11. The Morgan fingerprint density at radius 1 is 1.61 bits per heavy atom. The summed E-state index contributed by atoms with van der Waals surface area (Å²) in [6, 6.07) is 0.0682. The first-order valence-corrected chi connectivity index (χ1v) is 7.01. The third-order valence-electron chi connectivity index (χ3n) is 4.67. The van der Waals surface area contributed by atoms with Crippen molar-refractivity contribution in [2.24, 2.45) is 17.1 Å². The summed E-state index contributed by atoms with van der Waals surface area (Å²) in [4.78, 5) is 4.30. The van der Waals surface area contributed by atoms with Gasteiger partial charge in [-0.05, 0) is 24.7 Å². The number of imidazole rings is 1. The molecule has 1 aliphatic heterocycles. The summed E-state index contributed by atoms with van der Waals surface area (Å²) in [6.07, 6.45) is 8.96. The summed E-state index contributed by atoms with van der Waals surface area (Å²) in [5.74, 6) is 0.453. The minimum atomic E-state index is 0.0682. The van der Waals surface area contributed by atoms with Crippen molar-refractivity contribution in [3.63, 3.8) is 0 Å². The Labute approximate surface area is 109 Å². The number of hydrogen-bond donors (Lipinski definition) is 1. The molecule has 2 N–H and O–H groups in total. The lowest BCUT2D eigenvalue weighted by Crippen LogP contribution is -2.33. The van der Waals surface area contributed by atoms with Crippen molar-refractivity contribution < 1.29 is 4.74 Å². The second-order valence-electron chi connectivity index (χ2n) is 6.26. The van der Waals surface area contributed by atoms with Crippen molar-refractivity contribution in [1.29, 1.82) is 0 Å². The van der Waals surface area contributed by atoms with Crippen LogP contribution in [0.2, 0.25) is 0 Å². The Kier molecular flexibility index (Phi) is 3.16. The standard InChI is InChI=1S/C14H23N3O/c1-14(4-2-5-14)9-17-10-16-7-12(17)13(15)11-3-6-18-8-11/h7,10-11,13H,2-6,8-9,15H2,1H3. The van der Waals surface area contributed by atoms with E-state index >= 15 is 0 Å². The van der Waals surface area contributed by atoms with Gasteiger partial charge in [0, 0.05) is 25.3 Å². The van der Waals surface area contributed by atoms with E-state index in [1.165, 1.54) is 25.0 Å². The molecule has 2 unspecified atom stereocenters. The third kappa shape index (κ3) is 2.19. The number of rotatable bonds is 4. The van der Waals surface area contributed by atoms with E-state index in [9.17, 15) is 0 Å². The summed E-state index contributed by atoms with van der Waals surface area (Å²) in [5, 5.41) is 0. The van der Waals surface area contributed by atoms with Gasteiger partial charge in [-0.2, -0.15) is 0 Å². The van der Waals surface area contributed by atoms with E-state index in [4.69, 9.17) is 10.5 Å². The van der Waals surface area contributed by atoms with Gasteiger partial charge in [-0.15, -0.1) is 0 Å². The van der Waals surface area contributed by atoms with Crippen LogP contribution in [-0.4, -0.2) is 22.8 Å². The minimum Gasteiger partial charge on any atom is -0.381 e. The molecule has 0 bridgehead atoms. The van der Waals surface area contributed by atoms with Gasteiger partial charge in [-0.1, -0.05) is 13.3 Å². The quantitative estimate of drug-likeness (QED) is 0.889. The summed E-state index contributed by atoms with van der Waals surface area (Å²) in [7, 11) is 0. The first-order valence-electron chi connectivity index (χ1n) is 7.01. The Bertz CT molecular complexity index is 405. The molecule has 0 aromatic carbocycles. The average molecular weight is 249 g/mol. The number of hydrogen-bond acceptors (Lipinski definition) is 3. The predicted molar refractivity (Wildman–Crippen MR) is 70.0 cm³/mol. The fourth-order valence-electron chi connectivity index (χ4n) is 3.17. The smallest absolute Gasteiger partial charge is 0.0948 e. The number of ether oxygens (including phenoxy) is 1. The maximum Gasteiger partial charge on any atom is 0.0948 e. The van der Waals surface area contributed by atoms with Crippen molar-refractivity contribution in [3.05, 3.63) is 18.2 Å². The zero-order chi connectivity index (χ0) is 12.6. The van der Waals surface area contributed by atoms with E-state index in [0.29, 0.717) is 11.3 Å². The van der Waals surface area contributed by atoms with Crippen LogP contribution in [0, 0.1) is 11.3 Å². The molecule has 1 aliphatic carbocycles. The first kappa shape index (κ1) is 12.2. The molecule has 0 spiro atoms. The van der Waals surface area contributed by atoms with E-state index in [1.807, 2.05) is 12.5 Å². The van der Waals surface area contributed by atoms with Crippen LogP contribution in [-0.2, 0) is 11.3 Å². The SMILES string of the molecule is CC1(Cn2cncc2C(N)C2CCOC2)CCC1. The fourth-order valence-corrected chi connectivity index (χ4v) is 3.17. The highest BCUT2D eigenvalue weighted by Crippen LogP contribution is 2.42. The van der Waals surface area contributed by atoms with Crippen LogP contribution in [0.1, 0.15) is 44.3 Å². The average Bonchev–Trinajstić information content (AvgIpc) is 2.96. The van der Waals surface area contributed by atoms with Crippen LogP contribution >= 0.6 is 0 Å². The Morgan fingerprint density at radius 2 is 2.44 bits per heavy atom. The molecule has 1 saturated heterocycles. The van der Waals surface area contributed by atoms with Gasteiger partial charge < -0.3 is 15.0 Å². The molecule has 1 aromatic rings. The van der Waals surface area contributed by atoms with Crippen LogP contribution < -0.4 is 5.73 Å². The van der Waals surface area contributed by atoms with Gasteiger partial charge >= 0.3 is 0 Å². The molecule has 1 saturated carbocycles. The largest absolute Gasteiger partial charge is 0.381 e. The maximum absolute atomic E-state index is 6.38. The Hall–Kier alpha value is -0.870. The van der Waals surface area contributed by atoms with Gasteiger partial charge in [0.25, 0.3) is 0 Å². The molecular formula is C14H23N3O. The van der Waals surface area contributed by atoms with Crippen LogP contribution in [0.25, 0.3) is 0 Å². The Balaban J connectivity index is 1.73. The minimum absolute atomic E-state index is 0.0682. The number of nitrogens with zero attached hydrogens (tertiary/aromatic N) is 2. The summed E-state index contributed by atoms with van der Waals surface area (Å²) < 4.78 is 7.71. The fraction of sp³-hybridized carbons (Fsp3) is 0.786. The highest BCUT2D eigenvalue weighted by Gasteiger charge is 2.34. The van der Waals surface area contributed by atoms with Gasteiger partial charge in [-0.25, -0.2) is 4.98 Å². The van der Waals surface area contributed by atoms with Crippen molar-refractivity contribution in [3.8, 4) is 0 Å². The lowest BCUT2D eigenvalue weighted by Gasteiger charge is -2.39. The highest BCUT2D eigenvalue weighted by molar-refractivity contribution is 5.08. The van der Waals surface area contributed by atoms with E-state index in [2.05, 4.69) is 16.5 Å². The Morgan fingerprint density at radius 3 is 3.06 bits per heavy atom. The topological polar surface area (TPSA) is 53.1 Å². The van der Waals surface area contributed by atoms with Gasteiger partial charge in [0.1, 0.15) is 0 Å². The van der Waals surface area contributed by atoms with E-state index in [1.54, 1.807) is 0 Å². The molecule has 2 aliphatic rings. The van der Waals surface area contributed by atoms with Gasteiger partial charge in [0.15, 0.2) is 0 Å². The molecule has 0 amide bonds. The first-order chi connectivity index (χ1) is 8.68. The van der Waals surface area contributed by atoms with Crippen LogP contribution in [0.3, 0.4) is 0 Å². The third-order valence-corrected chi connectivity index (χ3v) is 4.67. The summed E-state index contributed by atoms with van der Waals surface area (Å²) in [5.41, 5.74) is 8.02. The monoisotopic (exact) mass is 249 g/mol. The second-order valence-corrected chi connectivity index (χ2v) is 6.26. The zero-order valence-electron chi connectivity index (χ0n) is 11.1. The van der Waals surface area contributed by atoms with Crippen LogP contribution in [0.15, 0.2) is 12.5 Å². The molecule has 2 fully saturated rings. The van der Waals surface area contributed by atoms with Gasteiger partial charge in [-0.3, -0.25) is 0 Å². The van der Waals surface area contributed by atoms with Crippen molar-refractivity contribution in [1.82, 2.24) is 9.55 Å². The lowest BCUT2D eigenvalue weighted by atomic mass is 9.70. The normalized spacial score (nSPS) is 28.0. The molecule has 0 radical (unpaired) electrons. The molecule has 3 rings (SSSR count). The maximum atomic E-state index is 6.38. The van der Waals surface area contributed by atoms with Crippen LogP contribution in [0.5, 0.6) is 0 Å². The second kappa shape index (κ2) is 4.67. The lowest BCUT2D eigenvalue weighted by molar-refractivity contribution is 0.129. The molecule has 18 heavy (non-hydrogen) atoms. The molecule has 100 valence electrons. The van der Waals surface area contributed by atoms with Crippen molar-refractivity contribution in [2.75, 3.05) is 13.2 Å². The van der Waals surface area contributed by atoms with Gasteiger partial charge in [0.2, 0.25) is 0 Å². The van der Waals surface area contributed by atoms with Crippen molar-refractivity contribution in [2.45, 2.75) is 45.2 Å². The summed E-state index contributed by atoms with van der Waals surface area (Å²) in [6.45, 7) is 5.07. The highest BCUT2D eigenvalue weighted by atomic mass is 16.5. The summed E-state index contributed by atoms with van der Waals surface area (Å²) >= 11 is 0. The van der Waals surface area contributed by atoms with E-state index < -0.39 is 0 Å². The molecule has 4 nitrogen and oxygen atoms in total. The van der Waals surface area contributed by atoms with Crippen LogP contribution in [0.4, 0.5) is 0 Å². The number of aromatic nitrogens is 2. The number of nitrogens with two attached hydrogens (primary N) is 1. The van der Waals surface area contributed by atoms with E-state index in [-0.39, 0.29) is 6.04 Å². The molecule has 4 heteroatoms. The van der Waals surface area contributed by atoms with Crippen molar-refractivity contribution >= 4 is 0 Å². The zero-order valence-corrected chi connectivity index (χ0v) is 11.1. The molecule has 1 aromatic heterocycles. The molecular weight excluding hydrogens is 226 g/mol. The molecule has 2 atom stereocenters.